The highest BCUT2D eigenvalue weighted by Gasteiger charge is 1.65. The van der Waals surface area contributed by atoms with Crippen LogP contribution in [0.15, 0.2) is 6.08 Å². The van der Waals surface area contributed by atoms with E-state index in [1.165, 1.54) is 6.08 Å². The molecule has 0 radical (unpaired) electrons. The molecule has 0 spiro atoms. The van der Waals surface area contributed by atoms with Gasteiger partial charge in [-0.2, -0.15) is 0 Å². The van der Waals surface area contributed by atoms with Gasteiger partial charge in [0.2, 0.25) is 0 Å². The summed E-state index contributed by atoms with van der Waals surface area (Å²) in [5.41, 5.74) is 0. The third-order valence-electron chi connectivity index (χ3n) is 0.287. The number of carbonyl (C=O) groups excluding carboxylic acids is 1. The highest BCUT2D eigenvalue weighted by molar-refractivity contribution is 5.62. The highest BCUT2D eigenvalue weighted by Crippen LogP contribution is 1.65. The molecule has 0 aliphatic rings. The molecule has 0 aromatic carbocycles. The van der Waals surface area contributed by atoms with Gasteiger partial charge in [0.05, 0.1) is 0 Å². The topological polar surface area (TPSA) is 54.4 Å². The van der Waals surface area contributed by atoms with Gasteiger partial charge in [-0.1, -0.05) is 6.92 Å². The summed E-state index contributed by atoms with van der Waals surface area (Å²) < 4.78 is 0. The molecule has 0 aromatic rings. The molecule has 0 atom stereocenters. The maximum Gasteiger partial charge on any atom is 0.300 e. The van der Waals surface area contributed by atoms with Crippen molar-refractivity contribution in [2.75, 3.05) is 0 Å². The Morgan fingerprint density at radius 1 is 1.78 bits per heavy atom. The van der Waals surface area contributed by atoms with Crippen LogP contribution in [0, 0.1) is 0 Å². The van der Waals surface area contributed by atoms with E-state index < -0.39 is 5.97 Å². The molecule has 0 fully saturated rings. The first kappa shape index (κ1) is 10.8. The van der Waals surface area contributed by atoms with Crippen LogP contribution in [-0.4, -0.2) is 17.0 Å². The van der Waals surface area contributed by atoms with Crippen LogP contribution in [0.1, 0.15) is 20.3 Å². The molecule has 0 rings (SSSR count). The second kappa shape index (κ2) is 10.0. The standard InChI is InChI=1S/C4H6O.C2H4O2/c1-2-3-4-5;1-2(3)4/h3H,2H2,1H3;1H3,(H,3,4). The van der Waals surface area contributed by atoms with E-state index in [1.807, 2.05) is 6.92 Å². The molecule has 3 nitrogen and oxygen atoms in total. The summed E-state index contributed by atoms with van der Waals surface area (Å²) in [7, 11) is 0. The molecule has 9 heavy (non-hydrogen) atoms. The van der Waals surface area contributed by atoms with Gasteiger partial charge in [0.25, 0.3) is 5.97 Å². The summed E-state index contributed by atoms with van der Waals surface area (Å²) in [6.07, 6.45) is 2.24. The molecule has 0 amide bonds. The lowest BCUT2D eigenvalue weighted by Crippen LogP contribution is -1.78. The van der Waals surface area contributed by atoms with E-state index in [-0.39, 0.29) is 0 Å². The zero-order valence-corrected chi connectivity index (χ0v) is 5.55. The molecule has 0 heterocycles. The predicted molar refractivity (Wildman–Crippen MR) is 33.9 cm³/mol. The zero-order valence-electron chi connectivity index (χ0n) is 5.55. The fourth-order valence-corrected chi connectivity index (χ4v) is 0.0833. The van der Waals surface area contributed by atoms with Crippen LogP contribution < -0.4 is 0 Å². The van der Waals surface area contributed by atoms with Crippen molar-refractivity contribution < 1.29 is 14.7 Å². The third-order valence-corrected chi connectivity index (χ3v) is 0.287. The van der Waals surface area contributed by atoms with Crippen molar-refractivity contribution in [3.8, 4) is 0 Å². The van der Waals surface area contributed by atoms with Crippen LogP contribution in [0.5, 0.6) is 0 Å². The second-order valence-corrected chi connectivity index (χ2v) is 1.25. The Hall–Kier alpha value is -1.08. The number of carbonyl (C=O) groups is 1. The van der Waals surface area contributed by atoms with E-state index in [9.17, 15) is 4.79 Å². The monoisotopic (exact) mass is 130 g/mol. The van der Waals surface area contributed by atoms with Crippen molar-refractivity contribution in [1.29, 1.82) is 0 Å². The molecule has 0 saturated heterocycles. The number of rotatable bonds is 1. The summed E-state index contributed by atoms with van der Waals surface area (Å²) >= 11 is 0. The van der Waals surface area contributed by atoms with Gasteiger partial charge in [-0.25, -0.2) is 4.79 Å². The lowest BCUT2D eigenvalue weighted by Gasteiger charge is -1.59. The maximum atomic E-state index is 9.22. The summed E-state index contributed by atoms with van der Waals surface area (Å²) in [5, 5.41) is 7.42. The van der Waals surface area contributed by atoms with Crippen molar-refractivity contribution in [3.63, 3.8) is 0 Å². The summed E-state index contributed by atoms with van der Waals surface area (Å²) in [4.78, 5) is 18.2. The van der Waals surface area contributed by atoms with Gasteiger partial charge in [-0.05, 0) is 12.5 Å². The van der Waals surface area contributed by atoms with E-state index in [0.717, 1.165) is 13.3 Å². The van der Waals surface area contributed by atoms with Crippen molar-refractivity contribution in [3.05, 3.63) is 6.08 Å². The van der Waals surface area contributed by atoms with Crippen LogP contribution in [0.2, 0.25) is 0 Å². The fraction of sp³-hybridized carbons (Fsp3) is 0.500. The Bertz CT molecular complexity index is 107. The number of carboxylic acid groups (broad SMARTS) is 1. The molecule has 52 valence electrons. The Morgan fingerprint density at radius 2 is 2.11 bits per heavy atom. The molecule has 0 saturated carbocycles. The van der Waals surface area contributed by atoms with Gasteiger partial charge >= 0.3 is 0 Å². The largest absolute Gasteiger partial charge is 0.481 e. The van der Waals surface area contributed by atoms with Gasteiger partial charge in [-0.3, -0.25) is 4.79 Å². The summed E-state index contributed by atoms with van der Waals surface area (Å²) in [6, 6.07) is 0. The van der Waals surface area contributed by atoms with Crippen LogP contribution in [-0.2, 0) is 9.59 Å². The molecule has 0 aromatic heterocycles. The second-order valence-electron chi connectivity index (χ2n) is 1.25. The Labute approximate surface area is 54.0 Å². The average Bonchev–Trinajstić information content (AvgIpc) is 1.66. The number of carboxylic acids is 1. The van der Waals surface area contributed by atoms with Crippen molar-refractivity contribution in [2.24, 2.45) is 0 Å². The van der Waals surface area contributed by atoms with Gasteiger partial charge in [0.1, 0.15) is 5.94 Å². The first-order valence-corrected chi connectivity index (χ1v) is 2.54. The normalized spacial score (nSPS) is 6.00. The first-order valence-electron chi connectivity index (χ1n) is 2.54. The van der Waals surface area contributed by atoms with Crippen molar-refractivity contribution in [1.82, 2.24) is 0 Å². The minimum Gasteiger partial charge on any atom is -0.481 e. The number of allylic oxidation sites excluding steroid dienone is 1. The molecule has 3 heteroatoms. The third kappa shape index (κ3) is 198. The quantitative estimate of drug-likeness (QED) is 0.536. The zero-order chi connectivity index (χ0) is 7.70. The lowest BCUT2D eigenvalue weighted by molar-refractivity contribution is -0.134. The van der Waals surface area contributed by atoms with Crippen LogP contribution in [0.4, 0.5) is 0 Å². The number of hydrogen-bond acceptors (Lipinski definition) is 2. The molecule has 0 aliphatic heterocycles. The van der Waals surface area contributed by atoms with Gasteiger partial charge < -0.3 is 5.11 Å². The Balaban J connectivity index is 0. The Kier molecular flexibility index (Phi) is 12.0. The number of hydrogen-bond donors (Lipinski definition) is 1. The van der Waals surface area contributed by atoms with E-state index >= 15 is 0 Å². The minimum absolute atomic E-state index is 0.795. The lowest BCUT2D eigenvalue weighted by atomic mass is 10.5. The van der Waals surface area contributed by atoms with E-state index in [4.69, 9.17) is 9.90 Å². The van der Waals surface area contributed by atoms with Crippen LogP contribution in [0.3, 0.4) is 0 Å². The molecule has 0 aliphatic carbocycles. The molecule has 0 bridgehead atoms. The SMILES string of the molecule is CC(=O)O.CCC=C=O. The van der Waals surface area contributed by atoms with Gasteiger partial charge in [0, 0.05) is 6.92 Å². The average molecular weight is 130 g/mol. The number of aliphatic carboxylic acids is 1. The smallest absolute Gasteiger partial charge is 0.300 e. The summed E-state index contributed by atoms with van der Waals surface area (Å²) in [5.74, 6) is 0.809. The maximum absolute atomic E-state index is 9.22. The minimum atomic E-state index is -0.833. The molecular weight excluding hydrogens is 120 g/mol. The molecular formula is C6H10O3. The van der Waals surface area contributed by atoms with Crippen LogP contribution in [0.25, 0.3) is 0 Å². The predicted octanol–water partition coefficient (Wildman–Crippen LogP) is 0.875. The van der Waals surface area contributed by atoms with E-state index in [0.29, 0.717) is 0 Å². The van der Waals surface area contributed by atoms with Gasteiger partial charge in [-0.15, -0.1) is 0 Å². The van der Waals surface area contributed by atoms with Crippen molar-refractivity contribution in [2.45, 2.75) is 20.3 Å². The molecule has 0 unspecified atom stereocenters. The first-order chi connectivity index (χ1) is 4.15. The van der Waals surface area contributed by atoms with E-state index in [2.05, 4.69) is 0 Å². The highest BCUT2D eigenvalue weighted by atomic mass is 16.4. The van der Waals surface area contributed by atoms with Crippen LogP contribution >= 0.6 is 0 Å². The Morgan fingerprint density at radius 3 is 2.11 bits per heavy atom. The fourth-order valence-electron chi connectivity index (χ4n) is 0.0833. The van der Waals surface area contributed by atoms with Crippen molar-refractivity contribution >= 4 is 11.9 Å². The summed E-state index contributed by atoms with van der Waals surface area (Å²) in [6.45, 7) is 2.98. The molecule has 1 N–H and O–H groups in total. The van der Waals surface area contributed by atoms with E-state index in [1.54, 1.807) is 5.94 Å². The van der Waals surface area contributed by atoms with Gasteiger partial charge in [0.15, 0.2) is 0 Å².